The van der Waals surface area contributed by atoms with E-state index in [1.807, 2.05) is 19.1 Å². The predicted molar refractivity (Wildman–Crippen MR) is 133 cm³/mol. The number of H-pyrrole nitrogens is 1. The van der Waals surface area contributed by atoms with Crippen molar-refractivity contribution < 1.29 is 17.8 Å². The van der Waals surface area contributed by atoms with Crippen molar-refractivity contribution in [2.24, 2.45) is 11.8 Å². The zero-order valence-corrected chi connectivity index (χ0v) is 19.3. The summed E-state index contributed by atoms with van der Waals surface area (Å²) in [6.45, 7) is 1.29. The summed E-state index contributed by atoms with van der Waals surface area (Å²) in [4.78, 5) is 33.0. The lowest BCUT2D eigenvalue weighted by Gasteiger charge is -2.47. The van der Waals surface area contributed by atoms with Gasteiger partial charge in [0.1, 0.15) is 5.78 Å². The van der Waals surface area contributed by atoms with Crippen LogP contribution in [0.4, 0.5) is 0 Å². The highest BCUT2D eigenvalue weighted by molar-refractivity contribution is 6.02. The minimum absolute atomic E-state index is 0.0823. The number of aromatic amines is 1. The maximum absolute atomic E-state index is 13.8. The lowest BCUT2D eigenvalue weighted by Crippen LogP contribution is -2.53. The van der Waals surface area contributed by atoms with E-state index in [1.165, 1.54) is 16.5 Å². The van der Waals surface area contributed by atoms with Gasteiger partial charge in [-0.2, -0.15) is 0 Å². The summed E-state index contributed by atoms with van der Waals surface area (Å²) in [5, 5.41) is 3.99. The van der Waals surface area contributed by atoms with E-state index in [0.717, 1.165) is 11.9 Å². The van der Waals surface area contributed by atoms with Gasteiger partial charge in [0, 0.05) is 62.8 Å². The van der Waals surface area contributed by atoms with Gasteiger partial charge in [-0.3, -0.25) is 14.5 Å². The minimum atomic E-state index is -2.77. The first kappa shape index (κ1) is 17.1. The quantitative estimate of drug-likeness (QED) is 0.327. The zero-order chi connectivity index (χ0) is 28.5. The second kappa shape index (κ2) is 10.2. The topological polar surface area (TPSA) is 68.4 Å². The molecule has 2 heterocycles. The van der Waals surface area contributed by atoms with Gasteiger partial charge in [0.2, 0.25) is 5.91 Å². The molecule has 1 amide bonds. The molecule has 2 N–H and O–H groups in total. The fraction of sp³-hybridized carbons (Fsp3) is 0.556. The molecule has 178 valence electrons. The van der Waals surface area contributed by atoms with Crippen molar-refractivity contribution in [1.82, 2.24) is 20.1 Å². The Morgan fingerprint density at radius 3 is 3.03 bits per heavy atom. The van der Waals surface area contributed by atoms with E-state index in [2.05, 4.69) is 40.1 Å². The van der Waals surface area contributed by atoms with Crippen molar-refractivity contribution in [1.29, 1.82) is 0 Å². The lowest BCUT2D eigenvalue weighted by molar-refractivity contribution is -0.138. The molecule has 0 radical (unpaired) electrons. The van der Waals surface area contributed by atoms with E-state index < -0.39 is 25.8 Å². The fourth-order valence-electron chi connectivity index (χ4n) is 5.75. The van der Waals surface area contributed by atoms with Gasteiger partial charge in [-0.05, 0) is 63.4 Å². The summed E-state index contributed by atoms with van der Waals surface area (Å²) in [7, 11) is 0. The third kappa shape index (κ3) is 4.78. The van der Waals surface area contributed by atoms with Crippen LogP contribution in [0.3, 0.4) is 0 Å². The van der Waals surface area contributed by atoms with Gasteiger partial charge in [0.05, 0.1) is 5.92 Å². The Labute approximate surface area is 205 Å². The Morgan fingerprint density at radius 2 is 2.27 bits per heavy atom. The van der Waals surface area contributed by atoms with Crippen LogP contribution >= 0.6 is 0 Å². The van der Waals surface area contributed by atoms with Crippen LogP contribution in [0.2, 0.25) is 0 Å². The van der Waals surface area contributed by atoms with Gasteiger partial charge in [0.15, 0.2) is 0 Å². The van der Waals surface area contributed by atoms with E-state index in [1.54, 1.807) is 0 Å². The van der Waals surface area contributed by atoms with Crippen molar-refractivity contribution in [2.45, 2.75) is 44.6 Å². The number of amides is 1. The number of piperidine rings is 1. The number of nitrogens with zero attached hydrogens (tertiary/aromatic N) is 2. The number of hydrogen-bond donors (Lipinski definition) is 2. The molecule has 0 spiro atoms. The number of carbonyl (C=O) groups is 2. The smallest absolute Gasteiger partial charge is 0.230 e. The van der Waals surface area contributed by atoms with Crippen LogP contribution in [0.1, 0.15) is 51.5 Å². The van der Waals surface area contributed by atoms with Gasteiger partial charge in [-0.15, -0.1) is 6.58 Å². The molecule has 1 fully saturated rings. The first-order chi connectivity index (χ1) is 18.4. The molecule has 1 aliphatic carbocycles. The Morgan fingerprint density at radius 1 is 1.42 bits per heavy atom. The molecule has 1 unspecified atom stereocenters. The number of carbonyl (C=O) groups excluding carboxylic acids is 2. The van der Waals surface area contributed by atoms with Gasteiger partial charge < -0.3 is 15.2 Å². The molecule has 4 atom stereocenters. The highest BCUT2D eigenvalue weighted by atomic mass is 16.2. The molecule has 33 heavy (non-hydrogen) atoms. The van der Waals surface area contributed by atoms with Crippen molar-refractivity contribution in [3.63, 3.8) is 0 Å². The summed E-state index contributed by atoms with van der Waals surface area (Å²) in [5.74, 6) is -1.43. The summed E-state index contributed by atoms with van der Waals surface area (Å²) >= 11 is 0. The van der Waals surface area contributed by atoms with Crippen LogP contribution in [0, 0.1) is 11.8 Å². The summed E-state index contributed by atoms with van der Waals surface area (Å²) in [6.07, 6.45) is 6.01. The monoisotopic (exact) mass is 456 g/mol. The lowest BCUT2D eigenvalue weighted by atomic mass is 9.70. The first-order valence-corrected chi connectivity index (χ1v) is 11.9. The molecule has 1 aromatic carbocycles. The molecule has 1 saturated heterocycles. The number of rotatable bonds is 10. The fourth-order valence-corrected chi connectivity index (χ4v) is 5.75. The van der Waals surface area contributed by atoms with Crippen molar-refractivity contribution in [2.75, 3.05) is 40.1 Å². The van der Waals surface area contributed by atoms with Crippen molar-refractivity contribution in [3.05, 3.63) is 48.2 Å². The average molecular weight is 457 g/mol. The molecule has 4 rings (SSSR count). The third-order valence-corrected chi connectivity index (χ3v) is 7.27. The number of benzene rings is 1. The summed E-state index contributed by atoms with van der Waals surface area (Å²) < 4.78 is 44.8. The molecule has 1 aliphatic heterocycles. The largest absolute Gasteiger partial charge is 0.361 e. The van der Waals surface area contributed by atoms with Crippen LogP contribution in [0.5, 0.6) is 0 Å². The highest BCUT2D eigenvalue weighted by Gasteiger charge is 2.44. The van der Waals surface area contributed by atoms with Crippen LogP contribution in [-0.4, -0.2) is 72.6 Å². The maximum atomic E-state index is 13.8. The first-order valence-electron chi connectivity index (χ1n) is 14.9. The second-order valence-electron chi connectivity index (χ2n) is 9.30. The van der Waals surface area contributed by atoms with Gasteiger partial charge >= 0.3 is 0 Å². The van der Waals surface area contributed by atoms with E-state index in [0.29, 0.717) is 30.8 Å². The van der Waals surface area contributed by atoms with Crippen LogP contribution in [0.25, 0.3) is 10.9 Å². The SMILES string of the molecule is [2H]C([2H])([2H])N(CCCNC(=O)C(CC)C(=O)[C@@H]1C[C@@H]2c3cccc4[nH]cc(c34)C[C@H]2N(CC=C)C1)C([2H])([2H])[2H]. The Bertz CT molecular complexity index is 1190. The molecule has 2 aromatic rings. The Hall–Kier alpha value is -2.44. The Kier molecular flexibility index (Phi) is 5.29. The number of Topliss-reactive ketones (excluding diaryl/α,β-unsaturated/α-hetero) is 1. The number of fused-ring (bicyclic) bond motifs is 2. The number of likely N-dealkylation sites (tertiary alicyclic amines) is 1. The molecular formula is C27H38N4O2. The molecule has 1 aromatic heterocycles. The van der Waals surface area contributed by atoms with Gasteiger partial charge in [-0.25, -0.2) is 0 Å². The number of hydrogen-bond acceptors (Lipinski definition) is 4. The van der Waals surface area contributed by atoms with Gasteiger partial charge in [0.25, 0.3) is 0 Å². The highest BCUT2D eigenvalue weighted by Crippen LogP contribution is 2.45. The maximum Gasteiger partial charge on any atom is 0.230 e. The van der Waals surface area contributed by atoms with E-state index in [4.69, 9.17) is 8.22 Å². The van der Waals surface area contributed by atoms with Crippen molar-refractivity contribution in [3.8, 4) is 0 Å². The molecule has 0 bridgehead atoms. The minimum Gasteiger partial charge on any atom is -0.361 e. The summed E-state index contributed by atoms with van der Waals surface area (Å²) in [5.41, 5.74) is 3.64. The number of nitrogens with one attached hydrogen (secondary N) is 2. The third-order valence-electron chi connectivity index (χ3n) is 7.27. The molecule has 6 heteroatoms. The predicted octanol–water partition coefficient (Wildman–Crippen LogP) is 3.35. The average Bonchev–Trinajstić information content (AvgIpc) is 3.27. The number of aromatic nitrogens is 1. The molecular weight excluding hydrogens is 412 g/mol. The summed E-state index contributed by atoms with van der Waals surface area (Å²) in [6, 6.07) is 6.53. The van der Waals surface area contributed by atoms with Crippen LogP contribution in [-0.2, 0) is 16.0 Å². The zero-order valence-electron chi connectivity index (χ0n) is 25.3. The number of ketones is 1. The van der Waals surface area contributed by atoms with Crippen molar-refractivity contribution >= 4 is 22.6 Å². The molecule has 2 aliphatic rings. The normalized spacial score (nSPS) is 26.8. The van der Waals surface area contributed by atoms with E-state index in [9.17, 15) is 9.59 Å². The standard InChI is InChI=1S/C27H38N4O2/c1-5-12-31-17-19(26(32)20(6-2)27(33)28-11-8-13-30(3)4)14-22-21-9-7-10-23-25(21)18(16-29-23)15-24(22)31/h5,7,9-10,16,19-20,22,24,29H,1,6,8,11-15,17H2,2-4H3,(H,28,33)/t19-,20?,22-,24-/m1/s1/i3D3,4D3. The second-order valence-corrected chi connectivity index (χ2v) is 9.30. The van der Waals surface area contributed by atoms with Crippen LogP contribution in [0.15, 0.2) is 37.1 Å². The van der Waals surface area contributed by atoms with Gasteiger partial charge in [-0.1, -0.05) is 25.1 Å². The molecule has 6 nitrogen and oxygen atoms in total. The van der Waals surface area contributed by atoms with E-state index in [-0.39, 0.29) is 43.2 Å². The Balaban J connectivity index is 1.44. The van der Waals surface area contributed by atoms with Crippen LogP contribution < -0.4 is 5.32 Å². The molecule has 0 saturated carbocycles. The van der Waals surface area contributed by atoms with E-state index >= 15 is 0 Å².